The van der Waals surface area contributed by atoms with Crippen molar-refractivity contribution in [2.75, 3.05) is 6.54 Å². The Balaban J connectivity index is 2.16. The van der Waals surface area contributed by atoms with Gasteiger partial charge in [0.15, 0.2) is 0 Å². The molecule has 0 fully saturated rings. The molecule has 0 aromatic heterocycles. The summed E-state index contributed by atoms with van der Waals surface area (Å²) < 4.78 is 13.1. The highest BCUT2D eigenvalue weighted by molar-refractivity contribution is 7.99. The number of halogens is 1. The van der Waals surface area contributed by atoms with Crippen molar-refractivity contribution < 1.29 is 4.39 Å². The van der Waals surface area contributed by atoms with Gasteiger partial charge in [0.2, 0.25) is 0 Å². The van der Waals surface area contributed by atoms with Gasteiger partial charge in [-0.1, -0.05) is 36.4 Å². The maximum absolute atomic E-state index is 13.1. The SMILES string of the molecule is NCC(Sc1cccc(F)c1)c1ccccc1. The van der Waals surface area contributed by atoms with Crippen LogP contribution in [0, 0.1) is 5.82 Å². The lowest BCUT2D eigenvalue weighted by atomic mass is 10.1. The van der Waals surface area contributed by atoms with E-state index in [-0.39, 0.29) is 11.1 Å². The summed E-state index contributed by atoms with van der Waals surface area (Å²) in [4.78, 5) is 0.907. The first kappa shape index (κ1) is 12.1. The zero-order chi connectivity index (χ0) is 12.1. The quantitative estimate of drug-likeness (QED) is 0.835. The third kappa shape index (κ3) is 3.32. The van der Waals surface area contributed by atoms with Crippen molar-refractivity contribution in [3.05, 3.63) is 66.0 Å². The standard InChI is InChI=1S/C14H14FNS/c15-12-7-4-8-13(9-12)17-14(10-16)11-5-2-1-3-6-11/h1-9,14H,10,16H2. The Kier molecular flexibility index (Phi) is 4.18. The van der Waals surface area contributed by atoms with Gasteiger partial charge in [-0.05, 0) is 23.8 Å². The lowest BCUT2D eigenvalue weighted by Gasteiger charge is -2.14. The largest absolute Gasteiger partial charge is 0.329 e. The second-order valence-electron chi connectivity index (χ2n) is 3.71. The summed E-state index contributed by atoms with van der Waals surface area (Å²) in [7, 11) is 0. The molecular weight excluding hydrogens is 233 g/mol. The number of rotatable bonds is 4. The van der Waals surface area contributed by atoms with Crippen LogP contribution >= 0.6 is 11.8 Å². The van der Waals surface area contributed by atoms with Crippen LogP contribution in [0.1, 0.15) is 10.8 Å². The molecule has 0 spiro atoms. The van der Waals surface area contributed by atoms with Crippen LogP contribution < -0.4 is 5.73 Å². The molecule has 0 aliphatic heterocycles. The number of hydrogen-bond donors (Lipinski definition) is 1. The molecule has 2 aromatic carbocycles. The molecule has 0 bridgehead atoms. The van der Waals surface area contributed by atoms with E-state index < -0.39 is 0 Å². The van der Waals surface area contributed by atoms with E-state index in [0.717, 1.165) is 4.90 Å². The molecular formula is C14H14FNS. The molecule has 2 aromatic rings. The number of nitrogens with two attached hydrogens (primary N) is 1. The molecule has 0 aliphatic rings. The smallest absolute Gasteiger partial charge is 0.124 e. The summed E-state index contributed by atoms with van der Waals surface area (Å²) in [6.07, 6.45) is 0. The van der Waals surface area contributed by atoms with Crippen LogP contribution in [0.25, 0.3) is 0 Å². The molecule has 17 heavy (non-hydrogen) atoms. The van der Waals surface area contributed by atoms with Gasteiger partial charge in [-0.3, -0.25) is 0 Å². The lowest BCUT2D eigenvalue weighted by Crippen LogP contribution is -2.09. The molecule has 0 amide bonds. The van der Waals surface area contributed by atoms with Gasteiger partial charge in [0.05, 0.1) is 0 Å². The van der Waals surface area contributed by atoms with Crippen molar-refractivity contribution >= 4 is 11.8 Å². The summed E-state index contributed by atoms with van der Waals surface area (Å²) in [5.41, 5.74) is 6.95. The highest BCUT2D eigenvalue weighted by Crippen LogP contribution is 2.34. The van der Waals surface area contributed by atoms with E-state index in [0.29, 0.717) is 6.54 Å². The Bertz CT molecular complexity index is 473. The van der Waals surface area contributed by atoms with Gasteiger partial charge in [-0.25, -0.2) is 4.39 Å². The summed E-state index contributed by atoms with van der Waals surface area (Å²) in [6, 6.07) is 16.7. The van der Waals surface area contributed by atoms with Gasteiger partial charge in [0.25, 0.3) is 0 Å². The lowest BCUT2D eigenvalue weighted by molar-refractivity contribution is 0.624. The number of benzene rings is 2. The highest BCUT2D eigenvalue weighted by atomic mass is 32.2. The fourth-order valence-corrected chi connectivity index (χ4v) is 2.68. The molecule has 0 saturated heterocycles. The summed E-state index contributed by atoms with van der Waals surface area (Å²) in [5.74, 6) is -0.209. The third-order valence-corrected chi connectivity index (χ3v) is 3.74. The van der Waals surface area contributed by atoms with E-state index in [2.05, 4.69) is 0 Å². The Morgan fingerprint density at radius 1 is 1.06 bits per heavy atom. The first-order chi connectivity index (χ1) is 8.29. The van der Waals surface area contributed by atoms with Crippen LogP contribution in [-0.2, 0) is 0 Å². The molecule has 2 rings (SSSR count). The normalized spacial score (nSPS) is 12.4. The molecule has 3 heteroatoms. The summed E-state index contributed by atoms with van der Waals surface area (Å²) in [5, 5.41) is 0.165. The maximum Gasteiger partial charge on any atom is 0.124 e. The summed E-state index contributed by atoms with van der Waals surface area (Å²) >= 11 is 1.59. The molecule has 0 heterocycles. The van der Waals surface area contributed by atoms with Crippen molar-refractivity contribution in [2.45, 2.75) is 10.1 Å². The van der Waals surface area contributed by atoms with Crippen LogP contribution in [0.4, 0.5) is 4.39 Å². The van der Waals surface area contributed by atoms with Gasteiger partial charge in [0, 0.05) is 16.7 Å². The Morgan fingerprint density at radius 3 is 2.47 bits per heavy atom. The first-order valence-corrected chi connectivity index (χ1v) is 6.35. The van der Waals surface area contributed by atoms with Crippen molar-refractivity contribution in [3.8, 4) is 0 Å². The van der Waals surface area contributed by atoms with E-state index in [4.69, 9.17) is 5.73 Å². The molecule has 0 aliphatic carbocycles. The van der Waals surface area contributed by atoms with Crippen LogP contribution in [0.2, 0.25) is 0 Å². The van der Waals surface area contributed by atoms with Gasteiger partial charge >= 0.3 is 0 Å². The molecule has 1 nitrogen and oxygen atoms in total. The minimum Gasteiger partial charge on any atom is -0.329 e. The van der Waals surface area contributed by atoms with E-state index in [1.807, 2.05) is 36.4 Å². The van der Waals surface area contributed by atoms with Gasteiger partial charge in [-0.15, -0.1) is 11.8 Å². The molecule has 1 atom stereocenters. The average Bonchev–Trinajstić information content (AvgIpc) is 2.37. The third-order valence-electron chi connectivity index (χ3n) is 2.46. The highest BCUT2D eigenvalue weighted by Gasteiger charge is 2.11. The van der Waals surface area contributed by atoms with E-state index >= 15 is 0 Å². The van der Waals surface area contributed by atoms with E-state index in [1.54, 1.807) is 17.8 Å². The molecule has 2 N–H and O–H groups in total. The van der Waals surface area contributed by atoms with E-state index in [9.17, 15) is 4.39 Å². The van der Waals surface area contributed by atoms with Crippen molar-refractivity contribution in [1.82, 2.24) is 0 Å². The molecule has 88 valence electrons. The Hall–Kier alpha value is -1.32. The fraction of sp³-hybridized carbons (Fsp3) is 0.143. The zero-order valence-corrected chi connectivity index (χ0v) is 10.2. The van der Waals surface area contributed by atoms with Crippen LogP contribution in [-0.4, -0.2) is 6.54 Å². The average molecular weight is 247 g/mol. The van der Waals surface area contributed by atoms with E-state index in [1.165, 1.54) is 17.7 Å². The molecule has 0 saturated carbocycles. The minimum absolute atomic E-state index is 0.165. The van der Waals surface area contributed by atoms with Crippen LogP contribution in [0.3, 0.4) is 0 Å². The first-order valence-electron chi connectivity index (χ1n) is 5.47. The Labute approximate surface area is 105 Å². The van der Waals surface area contributed by atoms with Crippen molar-refractivity contribution in [1.29, 1.82) is 0 Å². The summed E-state index contributed by atoms with van der Waals surface area (Å²) in [6.45, 7) is 0.533. The second-order valence-corrected chi connectivity index (χ2v) is 4.99. The van der Waals surface area contributed by atoms with Crippen molar-refractivity contribution in [2.24, 2.45) is 5.73 Å². The predicted molar refractivity (Wildman–Crippen MR) is 70.5 cm³/mol. The molecule has 1 unspecified atom stereocenters. The van der Waals surface area contributed by atoms with Gasteiger partial charge < -0.3 is 5.73 Å². The zero-order valence-electron chi connectivity index (χ0n) is 9.34. The van der Waals surface area contributed by atoms with Gasteiger partial charge in [-0.2, -0.15) is 0 Å². The fourth-order valence-electron chi connectivity index (χ4n) is 1.62. The van der Waals surface area contributed by atoms with Crippen LogP contribution in [0.15, 0.2) is 59.5 Å². The number of thioether (sulfide) groups is 1. The monoisotopic (exact) mass is 247 g/mol. The topological polar surface area (TPSA) is 26.0 Å². The van der Waals surface area contributed by atoms with Crippen LogP contribution in [0.5, 0.6) is 0 Å². The Morgan fingerprint density at radius 2 is 1.82 bits per heavy atom. The van der Waals surface area contributed by atoms with Gasteiger partial charge in [0.1, 0.15) is 5.82 Å². The minimum atomic E-state index is -0.209. The number of hydrogen-bond acceptors (Lipinski definition) is 2. The second kappa shape index (κ2) is 5.84. The van der Waals surface area contributed by atoms with Crippen molar-refractivity contribution in [3.63, 3.8) is 0 Å². The maximum atomic E-state index is 13.1. The molecule has 0 radical (unpaired) electrons. The predicted octanol–water partition coefficient (Wildman–Crippen LogP) is 3.62.